The molecular weight excluding hydrogens is 326 g/mol. The van der Waals surface area contributed by atoms with Crippen LogP contribution in [-0.4, -0.2) is 5.91 Å². The molecule has 108 valence electrons. The number of rotatable bonds is 5. The van der Waals surface area contributed by atoms with Gasteiger partial charge in [0.05, 0.1) is 6.04 Å². The fourth-order valence-corrected chi connectivity index (χ4v) is 2.53. The Labute approximate surface area is 134 Å². The predicted octanol–water partition coefficient (Wildman–Crippen LogP) is 4.73. The third kappa shape index (κ3) is 4.87. The quantitative estimate of drug-likeness (QED) is 0.781. The summed E-state index contributed by atoms with van der Waals surface area (Å²) in [6, 6.07) is 17.9. The molecule has 2 nitrogen and oxygen atoms in total. The molecular formula is C18H18BrNO. The maximum absolute atomic E-state index is 12.0. The van der Waals surface area contributed by atoms with Gasteiger partial charge < -0.3 is 5.32 Å². The Morgan fingerprint density at radius 1 is 1.19 bits per heavy atom. The zero-order valence-corrected chi connectivity index (χ0v) is 13.5. The summed E-state index contributed by atoms with van der Waals surface area (Å²) in [5.41, 5.74) is 2.12. The molecule has 0 spiro atoms. The highest BCUT2D eigenvalue weighted by Crippen LogP contribution is 2.16. The molecule has 0 aliphatic rings. The standard InChI is InChI=1S/C18H18BrNO/c1-2-17(15-8-4-3-5-9-15)20-18(21)12-11-14-7-6-10-16(19)13-14/h3-13,17H,2H2,1H3,(H,20,21)/b12-11+/t17-/m1/s1. The van der Waals surface area contributed by atoms with Crippen LogP contribution in [0.2, 0.25) is 0 Å². The largest absolute Gasteiger partial charge is 0.346 e. The molecule has 0 saturated carbocycles. The first kappa shape index (κ1) is 15.5. The van der Waals surface area contributed by atoms with E-state index in [2.05, 4.69) is 28.2 Å². The van der Waals surface area contributed by atoms with E-state index in [1.807, 2.05) is 60.7 Å². The van der Waals surface area contributed by atoms with Crippen molar-refractivity contribution in [2.45, 2.75) is 19.4 Å². The molecule has 1 atom stereocenters. The Hall–Kier alpha value is -1.87. The molecule has 0 unspecified atom stereocenters. The molecule has 21 heavy (non-hydrogen) atoms. The summed E-state index contributed by atoms with van der Waals surface area (Å²) >= 11 is 3.42. The normalized spacial score (nSPS) is 12.3. The van der Waals surface area contributed by atoms with Crippen molar-refractivity contribution in [1.82, 2.24) is 5.32 Å². The van der Waals surface area contributed by atoms with Crippen molar-refractivity contribution >= 4 is 27.9 Å². The second kappa shape index (κ2) is 7.79. The minimum Gasteiger partial charge on any atom is -0.346 e. The van der Waals surface area contributed by atoms with Crippen molar-refractivity contribution in [1.29, 1.82) is 0 Å². The van der Waals surface area contributed by atoms with Crippen LogP contribution in [0.4, 0.5) is 0 Å². The van der Waals surface area contributed by atoms with Crippen molar-refractivity contribution in [3.63, 3.8) is 0 Å². The number of hydrogen-bond donors (Lipinski definition) is 1. The Morgan fingerprint density at radius 3 is 2.62 bits per heavy atom. The van der Waals surface area contributed by atoms with Crippen molar-refractivity contribution in [3.8, 4) is 0 Å². The average Bonchev–Trinajstić information content (AvgIpc) is 2.51. The minimum absolute atomic E-state index is 0.0471. The van der Waals surface area contributed by atoms with Gasteiger partial charge in [-0.25, -0.2) is 0 Å². The van der Waals surface area contributed by atoms with Gasteiger partial charge in [0.15, 0.2) is 0 Å². The van der Waals surface area contributed by atoms with Gasteiger partial charge in [-0.3, -0.25) is 4.79 Å². The molecule has 0 aliphatic carbocycles. The minimum atomic E-state index is -0.0781. The Bertz CT molecular complexity index is 622. The van der Waals surface area contributed by atoms with E-state index in [1.54, 1.807) is 6.08 Å². The first-order chi connectivity index (χ1) is 10.2. The van der Waals surface area contributed by atoms with Gasteiger partial charge in [0, 0.05) is 10.5 Å². The molecule has 2 aromatic rings. The third-order valence-corrected chi connectivity index (χ3v) is 3.70. The summed E-state index contributed by atoms with van der Waals surface area (Å²) in [5, 5.41) is 3.03. The van der Waals surface area contributed by atoms with Crippen molar-refractivity contribution in [2.24, 2.45) is 0 Å². The fourth-order valence-electron chi connectivity index (χ4n) is 2.11. The third-order valence-electron chi connectivity index (χ3n) is 3.20. The van der Waals surface area contributed by atoms with Gasteiger partial charge in [0.25, 0.3) is 0 Å². The van der Waals surface area contributed by atoms with E-state index < -0.39 is 0 Å². The number of hydrogen-bond acceptors (Lipinski definition) is 1. The first-order valence-electron chi connectivity index (χ1n) is 6.98. The Morgan fingerprint density at radius 2 is 1.95 bits per heavy atom. The Kier molecular flexibility index (Phi) is 5.76. The van der Waals surface area contributed by atoms with Gasteiger partial charge in [0.1, 0.15) is 0 Å². The van der Waals surface area contributed by atoms with Crippen molar-refractivity contribution in [3.05, 3.63) is 76.3 Å². The lowest BCUT2D eigenvalue weighted by atomic mass is 10.0. The number of carbonyl (C=O) groups is 1. The molecule has 0 heterocycles. The fraction of sp³-hybridized carbons (Fsp3) is 0.167. The van der Waals surface area contributed by atoms with E-state index >= 15 is 0 Å². The molecule has 3 heteroatoms. The highest BCUT2D eigenvalue weighted by molar-refractivity contribution is 9.10. The zero-order valence-electron chi connectivity index (χ0n) is 11.9. The molecule has 1 N–H and O–H groups in total. The summed E-state index contributed by atoms with van der Waals surface area (Å²) in [7, 11) is 0. The summed E-state index contributed by atoms with van der Waals surface area (Å²) in [4.78, 5) is 12.0. The van der Waals surface area contributed by atoms with Crippen molar-refractivity contribution < 1.29 is 4.79 Å². The van der Waals surface area contributed by atoms with Gasteiger partial charge in [0.2, 0.25) is 5.91 Å². The first-order valence-corrected chi connectivity index (χ1v) is 7.77. The smallest absolute Gasteiger partial charge is 0.244 e. The summed E-state index contributed by atoms with van der Waals surface area (Å²) in [6.07, 6.45) is 4.26. The number of carbonyl (C=O) groups excluding carboxylic acids is 1. The van der Waals surface area contributed by atoms with Crippen LogP contribution in [0.15, 0.2) is 65.1 Å². The van der Waals surface area contributed by atoms with Gasteiger partial charge in [-0.05, 0) is 35.8 Å². The molecule has 0 radical (unpaired) electrons. The number of halogens is 1. The van der Waals surface area contributed by atoms with E-state index in [9.17, 15) is 4.79 Å². The monoisotopic (exact) mass is 343 g/mol. The molecule has 1 amide bonds. The zero-order chi connectivity index (χ0) is 15.1. The van der Waals surface area contributed by atoms with Gasteiger partial charge in [-0.2, -0.15) is 0 Å². The maximum Gasteiger partial charge on any atom is 0.244 e. The lowest BCUT2D eigenvalue weighted by Crippen LogP contribution is -2.26. The lowest BCUT2D eigenvalue weighted by Gasteiger charge is -2.16. The van der Waals surface area contributed by atoms with E-state index in [0.29, 0.717) is 0 Å². The summed E-state index contributed by atoms with van der Waals surface area (Å²) < 4.78 is 1.00. The molecule has 0 aliphatic heterocycles. The average molecular weight is 344 g/mol. The predicted molar refractivity (Wildman–Crippen MR) is 90.8 cm³/mol. The van der Waals surface area contributed by atoms with Gasteiger partial charge >= 0.3 is 0 Å². The van der Waals surface area contributed by atoms with Gasteiger partial charge in [-0.1, -0.05) is 65.3 Å². The SMILES string of the molecule is CC[C@@H](NC(=O)/C=C/c1cccc(Br)c1)c1ccccc1. The van der Waals surface area contributed by atoms with Crippen LogP contribution in [0.1, 0.15) is 30.5 Å². The molecule has 0 saturated heterocycles. The lowest BCUT2D eigenvalue weighted by molar-refractivity contribution is -0.117. The topological polar surface area (TPSA) is 29.1 Å². The second-order valence-electron chi connectivity index (χ2n) is 4.77. The molecule has 0 bridgehead atoms. The number of nitrogens with one attached hydrogen (secondary N) is 1. The van der Waals surface area contributed by atoms with Crippen molar-refractivity contribution in [2.75, 3.05) is 0 Å². The van der Waals surface area contributed by atoms with E-state index in [1.165, 1.54) is 0 Å². The van der Waals surface area contributed by atoms with Crippen LogP contribution >= 0.6 is 15.9 Å². The maximum atomic E-state index is 12.0. The molecule has 2 aromatic carbocycles. The van der Waals surface area contributed by atoms with Crippen LogP contribution < -0.4 is 5.32 Å². The van der Waals surface area contributed by atoms with Crippen LogP contribution in [0.25, 0.3) is 6.08 Å². The molecule has 2 rings (SSSR count). The highest BCUT2D eigenvalue weighted by Gasteiger charge is 2.10. The summed E-state index contributed by atoms with van der Waals surface area (Å²) in [5.74, 6) is -0.0781. The van der Waals surface area contributed by atoms with Crippen LogP contribution in [0.3, 0.4) is 0 Å². The van der Waals surface area contributed by atoms with Crippen LogP contribution in [0.5, 0.6) is 0 Å². The highest BCUT2D eigenvalue weighted by atomic mass is 79.9. The number of amides is 1. The van der Waals surface area contributed by atoms with Gasteiger partial charge in [-0.15, -0.1) is 0 Å². The number of benzene rings is 2. The molecule has 0 fully saturated rings. The molecule has 0 aromatic heterocycles. The van der Waals surface area contributed by atoms with Crippen LogP contribution in [-0.2, 0) is 4.79 Å². The summed E-state index contributed by atoms with van der Waals surface area (Å²) in [6.45, 7) is 2.07. The van der Waals surface area contributed by atoms with E-state index in [0.717, 1.165) is 22.0 Å². The van der Waals surface area contributed by atoms with Crippen LogP contribution in [0, 0.1) is 0 Å². The second-order valence-corrected chi connectivity index (χ2v) is 5.68. The van der Waals surface area contributed by atoms with E-state index in [4.69, 9.17) is 0 Å². The Balaban J connectivity index is 2.00. The van der Waals surface area contributed by atoms with E-state index in [-0.39, 0.29) is 11.9 Å².